The van der Waals surface area contributed by atoms with Crippen LogP contribution in [-0.2, 0) is 6.18 Å². The van der Waals surface area contributed by atoms with Crippen molar-refractivity contribution in [1.82, 2.24) is 9.97 Å². The molecule has 0 aliphatic heterocycles. The Bertz CT molecular complexity index is 274. The zero-order valence-corrected chi connectivity index (χ0v) is 5.36. The zero-order chi connectivity index (χ0) is 9.35. The first-order valence-corrected chi connectivity index (χ1v) is 2.67. The zero-order valence-electron chi connectivity index (χ0n) is 5.36. The van der Waals surface area contributed by atoms with Gasteiger partial charge in [-0.2, -0.15) is 31.9 Å². The van der Waals surface area contributed by atoms with Gasteiger partial charge < -0.3 is 0 Å². The molecular formula is C5HF5N2. The molecule has 0 atom stereocenters. The van der Waals surface area contributed by atoms with E-state index in [1.165, 1.54) is 0 Å². The van der Waals surface area contributed by atoms with Gasteiger partial charge in [-0.15, -0.1) is 0 Å². The summed E-state index contributed by atoms with van der Waals surface area (Å²) in [4.78, 5) is 4.72. The van der Waals surface area contributed by atoms with E-state index in [0.29, 0.717) is 0 Å². The fourth-order valence-corrected chi connectivity index (χ4v) is 0.517. The standard InChI is InChI=1S/C5HF5N2/c6-2-1-3(7)12-4(11-2)5(8,9)10/h1H. The van der Waals surface area contributed by atoms with E-state index in [1.807, 2.05) is 0 Å². The number of nitrogens with zero attached hydrogens (tertiary/aromatic N) is 2. The van der Waals surface area contributed by atoms with Crippen molar-refractivity contribution in [2.45, 2.75) is 6.18 Å². The van der Waals surface area contributed by atoms with Crippen molar-refractivity contribution < 1.29 is 22.0 Å². The molecule has 1 heterocycles. The van der Waals surface area contributed by atoms with Gasteiger partial charge in [0.15, 0.2) is 0 Å². The Morgan fingerprint density at radius 3 is 1.75 bits per heavy atom. The molecule has 0 amide bonds. The lowest BCUT2D eigenvalue weighted by Crippen LogP contribution is -2.13. The minimum Gasteiger partial charge on any atom is -0.195 e. The molecule has 0 aliphatic rings. The molecule has 1 aromatic rings. The van der Waals surface area contributed by atoms with E-state index in [4.69, 9.17) is 0 Å². The van der Waals surface area contributed by atoms with Crippen LogP contribution < -0.4 is 0 Å². The van der Waals surface area contributed by atoms with Crippen LogP contribution in [0.4, 0.5) is 22.0 Å². The Morgan fingerprint density at radius 2 is 1.42 bits per heavy atom. The number of alkyl halides is 3. The third-order valence-corrected chi connectivity index (χ3v) is 0.917. The minimum atomic E-state index is -4.93. The number of aromatic nitrogens is 2. The van der Waals surface area contributed by atoms with Crippen molar-refractivity contribution in [3.8, 4) is 0 Å². The molecule has 0 aromatic carbocycles. The second kappa shape index (κ2) is 2.65. The van der Waals surface area contributed by atoms with Crippen molar-refractivity contribution in [2.24, 2.45) is 0 Å². The lowest BCUT2D eigenvalue weighted by molar-refractivity contribution is -0.146. The Kier molecular flexibility index (Phi) is 1.95. The molecule has 0 N–H and O–H groups in total. The summed E-state index contributed by atoms with van der Waals surface area (Å²) in [7, 11) is 0. The first kappa shape index (κ1) is 8.82. The molecule has 0 saturated heterocycles. The van der Waals surface area contributed by atoms with E-state index in [9.17, 15) is 22.0 Å². The van der Waals surface area contributed by atoms with Gasteiger partial charge in [-0.25, -0.2) is 0 Å². The third kappa shape index (κ3) is 1.86. The quantitative estimate of drug-likeness (QED) is 0.453. The van der Waals surface area contributed by atoms with Gasteiger partial charge >= 0.3 is 6.18 Å². The molecule has 0 spiro atoms. The van der Waals surface area contributed by atoms with Crippen LogP contribution in [0.3, 0.4) is 0 Å². The number of rotatable bonds is 0. The number of hydrogen-bond acceptors (Lipinski definition) is 2. The van der Waals surface area contributed by atoms with Gasteiger partial charge in [0.1, 0.15) is 0 Å². The van der Waals surface area contributed by atoms with Gasteiger partial charge in [-0.1, -0.05) is 0 Å². The Labute approximate surface area is 63.1 Å². The van der Waals surface area contributed by atoms with Crippen molar-refractivity contribution in [2.75, 3.05) is 0 Å². The van der Waals surface area contributed by atoms with E-state index >= 15 is 0 Å². The van der Waals surface area contributed by atoms with Crippen LogP contribution in [-0.4, -0.2) is 9.97 Å². The molecule has 12 heavy (non-hydrogen) atoms. The van der Waals surface area contributed by atoms with Crippen molar-refractivity contribution >= 4 is 0 Å². The van der Waals surface area contributed by atoms with Gasteiger partial charge in [-0.3, -0.25) is 0 Å². The van der Waals surface area contributed by atoms with E-state index in [2.05, 4.69) is 9.97 Å². The second-order valence-corrected chi connectivity index (χ2v) is 1.83. The summed E-state index contributed by atoms with van der Waals surface area (Å²) in [6.45, 7) is 0. The Balaban J connectivity index is 3.18. The molecule has 0 aliphatic carbocycles. The molecule has 66 valence electrons. The fourth-order valence-electron chi connectivity index (χ4n) is 0.517. The van der Waals surface area contributed by atoms with Gasteiger partial charge in [0.05, 0.1) is 0 Å². The lowest BCUT2D eigenvalue weighted by atomic mass is 10.5. The van der Waals surface area contributed by atoms with Crippen LogP contribution >= 0.6 is 0 Å². The number of halogens is 5. The average Bonchev–Trinajstić information content (AvgIpc) is 1.82. The second-order valence-electron chi connectivity index (χ2n) is 1.83. The van der Waals surface area contributed by atoms with E-state index < -0.39 is 23.9 Å². The summed E-state index contributed by atoms with van der Waals surface area (Å²) >= 11 is 0. The normalized spacial score (nSPS) is 11.8. The molecule has 1 rings (SSSR count). The van der Waals surface area contributed by atoms with Crippen molar-refractivity contribution in [3.05, 3.63) is 23.8 Å². The van der Waals surface area contributed by atoms with E-state index in [0.717, 1.165) is 0 Å². The minimum absolute atomic E-state index is 0.162. The van der Waals surface area contributed by atoms with Crippen LogP contribution in [0.2, 0.25) is 0 Å². The highest BCUT2D eigenvalue weighted by atomic mass is 19.4. The predicted molar refractivity (Wildman–Crippen MR) is 26.9 cm³/mol. The molecule has 0 radical (unpaired) electrons. The van der Waals surface area contributed by atoms with Crippen LogP contribution in [0.15, 0.2) is 6.07 Å². The summed E-state index contributed by atoms with van der Waals surface area (Å²) in [6.07, 6.45) is -4.93. The summed E-state index contributed by atoms with van der Waals surface area (Å²) in [5, 5.41) is 0. The topological polar surface area (TPSA) is 25.8 Å². The van der Waals surface area contributed by atoms with Crippen LogP contribution in [0.5, 0.6) is 0 Å². The molecule has 7 heteroatoms. The molecule has 0 bridgehead atoms. The highest BCUT2D eigenvalue weighted by Gasteiger charge is 2.35. The average molecular weight is 184 g/mol. The predicted octanol–water partition coefficient (Wildman–Crippen LogP) is 1.77. The highest BCUT2D eigenvalue weighted by molar-refractivity contribution is 4.96. The van der Waals surface area contributed by atoms with Gasteiger partial charge in [-0.05, 0) is 0 Å². The summed E-state index contributed by atoms with van der Waals surface area (Å²) < 4.78 is 59.2. The highest BCUT2D eigenvalue weighted by Crippen LogP contribution is 2.25. The SMILES string of the molecule is Fc1cc(F)nc(C(F)(F)F)n1. The summed E-state index contributed by atoms with van der Waals surface area (Å²) in [5.41, 5.74) is 0. The van der Waals surface area contributed by atoms with Crippen LogP contribution in [0.25, 0.3) is 0 Å². The maximum atomic E-state index is 12.1. The summed E-state index contributed by atoms with van der Waals surface area (Å²) in [6, 6.07) is 0.162. The maximum Gasteiger partial charge on any atom is 0.451 e. The molecule has 0 unspecified atom stereocenters. The lowest BCUT2D eigenvalue weighted by Gasteiger charge is -2.02. The van der Waals surface area contributed by atoms with Gasteiger partial charge in [0.2, 0.25) is 17.7 Å². The summed E-state index contributed by atoms with van der Waals surface area (Å²) in [5.74, 6) is -4.91. The van der Waals surface area contributed by atoms with Crippen molar-refractivity contribution in [3.63, 3.8) is 0 Å². The van der Waals surface area contributed by atoms with E-state index in [1.54, 1.807) is 0 Å². The Morgan fingerprint density at radius 1 is 1.00 bits per heavy atom. The fraction of sp³-hybridized carbons (Fsp3) is 0.200. The Hall–Kier alpha value is -1.27. The largest absolute Gasteiger partial charge is 0.451 e. The van der Waals surface area contributed by atoms with Crippen LogP contribution in [0.1, 0.15) is 5.82 Å². The molecule has 2 nitrogen and oxygen atoms in total. The first-order chi connectivity index (χ1) is 5.39. The van der Waals surface area contributed by atoms with Crippen molar-refractivity contribution in [1.29, 1.82) is 0 Å². The van der Waals surface area contributed by atoms with Crippen LogP contribution in [0, 0.1) is 11.9 Å². The molecular weight excluding hydrogens is 183 g/mol. The molecule has 0 saturated carbocycles. The monoisotopic (exact) mass is 184 g/mol. The first-order valence-electron chi connectivity index (χ1n) is 2.67. The number of hydrogen-bond donors (Lipinski definition) is 0. The van der Waals surface area contributed by atoms with Gasteiger partial charge in [0.25, 0.3) is 0 Å². The maximum absolute atomic E-state index is 12.1. The third-order valence-electron chi connectivity index (χ3n) is 0.917. The van der Waals surface area contributed by atoms with E-state index in [-0.39, 0.29) is 6.07 Å². The molecule has 1 aromatic heterocycles. The molecule has 0 fully saturated rings. The van der Waals surface area contributed by atoms with Gasteiger partial charge in [0, 0.05) is 6.07 Å². The smallest absolute Gasteiger partial charge is 0.195 e.